The van der Waals surface area contributed by atoms with E-state index in [4.69, 9.17) is 5.73 Å². The minimum Gasteiger partial charge on any atom is -0.399 e. The van der Waals surface area contributed by atoms with Crippen LogP contribution in [0.4, 0.5) is 5.69 Å². The molecule has 0 fully saturated rings. The predicted molar refractivity (Wildman–Crippen MR) is 69.9 cm³/mol. The van der Waals surface area contributed by atoms with Gasteiger partial charge in [0.1, 0.15) is 5.82 Å². The van der Waals surface area contributed by atoms with Crippen LogP contribution in [-0.4, -0.2) is 22.4 Å². The van der Waals surface area contributed by atoms with Crippen LogP contribution in [0.2, 0.25) is 0 Å². The van der Waals surface area contributed by atoms with Crippen molar-refractivity contribution in [3.63, 3.8) is 0 Å². The van der Waals surface area contributed by atoms with Gasteiger partial charge in [-0.25, -0.2) is 4.98 Å². The number of nitrogens with one attached hydrogen (secondary N) is 2. The van der Waals surface area contributed by atoms with E-state index >= 15 is 0 Å². The van der Waals surface area contributed by atoms with Crippen molar-refractivity contribution in [2.24, 2.45) is 0 Å². The second kappa shape index (κ2) is 5.86. The van der Waals surface area contributed by atoms with E-state index in [9.17, 15) is 4.79 Å². The number of hydrogen-bond acceptors (Lipinski definition) is 3. The first-order valence-corrected chi connectivity index (χ1v) is 5.83. The van der Waals surface area contributed by atoms with E-state index in [0.29, 0.717) is 25.1 Å². The zero-order chi connectivity index (χ0) is 12.8. The second-order valence-electron chi connectivity index (χ2n) is 4.05. The van der Waals surface area contributed by atoms with Gasteiger partial charge in [-0.1, -0.05) is 12.1 Å². The summed E-state index contributed by atoms with van der Waals surface area (Å²) in [5, 5.41) is 2.85. The standard InChI is InChI=1S/C13H16N4O/c14-11-3-1-10(2-4-11)9-13(18)17-6-5-12-15-7-8-16-12/h1-4,7-8H,5-6,9,14H2,(H,15,16)(H,17,18). The molecule has 0 radical (unpaired) electrons. The number of nitrogens with two attached hydrogens (primary N) is 1. The fourth-order valence-corrected chi connectivity index (χ4v) is 1.64. The molecule has 18 heavy (non-hydrogen) atoms. The lowest BCUT2D eigenvalue weighted by Crippen LogP contribution is -2.27. The lowest BCUT2D eigenvalue weighted by Gasteiger charge is -2.04. The number of carbonyl (C=O) groups is 1. The molecular weight excluding hydrogens is 228 g/mol. The molecule has 1 aromatic carbocycles. The van der Waals surface area contributed by atoms with Crippen molar-refractivity contribution in [2.75, 3.05) is 12.3 Å². The molecule has 5 nitrogen and oxygen atoms in total. The van der Waals surface area contributed by atoms with Crippen LogP contribution < -0.4 is 11.1 Å². The van der Waals surface area contributed by atoms with Gasteiger partial charge in [0.25, 0.3) is 0 Å². The van der Waals surface area contributed by atoms with Gasteiger partial charge in [0.15, 0.2) is 0 Å². The van der Waals surface area contributed by atoms with E-state index in [1.165, 1.54) is 0 Å². The molecule has 0 aliphatic heterocycles. The number of imidazole rings is 1. The Morgan fingerprint density at radius 3 is 2.78 bits per heavy atom. The van der Waals surface area contributed by atoms with Crippen LogP contribution in [0.5, 0.6) is 0 Å². The number of rotatable bonds is 5. The van der Waals surface area contributed by atoms with Crippen molar-refractivity contribution >= 4 is 11.6 Å². The minimum atomic E-state index is 0.00586. The Labute approximate surface area is 105 Å². The highest BCUT2D eigenvalue weighted by Gasteiger charge is 2.03. The highest BCUT2D eigenvalue weighted by Crippen LogP contribution is 2.05. The first-order chi connectivity index (χ1) is 8.74. The fraction of sp³-hybridized carbons (Fsp3) is 0.231. The molecule has 0 saturated heterocycles. The number of benzene rings is 1. The van der Waals surface area contributed by atoms with Crippen molar-refractivity contribution in [3.8, 4) is 0 Å². The number of carbonyl (C=O) groups excluding carboxylic acids is 1. The number of H-pyrrole nitrogens is 1. The van der Waals surface area contributed by atoms with Gasteiger partial charge in [-0.2, -0.15) is 0 Å². The zero-order valence-corrected chi connectivity index (χ0v) is 10.0. The third kappa shape index (κ3) is 3.62. The summed E-state index contributed by atoms with van der Waals surface area (Å²) in [6.45, 7) is 0.585. The fourth-order valence-electron chi connectivity index (χ4n) is 1.64. The molecule has 0 bridgehead atoms. The SMILES string of the molecule is Nc1ccc(CC(=O)NCCc2ncc[nH]2)cc1. The van der Waals surface area contributed by atoms with Gasteiger partial charge in [0.05, 0.1) is 6.42 Å². The van der Waals surface area contributed by atoms with Crippen molar-refractivity contribution in [3.05, 3.63) is 48.0 Å². The average molecular weight is 244 g/mol. The maximum Gasteiger partial charge on any atom is 0.224 e. The number of aromatic amines is 1. The number of aromatic nitrogens is 2. The van der Waals surface area contributed by atoms with Gasteiger partial charge >= 0.3 is 0 Å². The Bertz CT molecular complexity index is 490. The lowest BCUT2D eigenvalue weighted by molar-refractivity contribution is -0.120. The van der Waals surface area contributed by atoms with Gasteiger partial charge in [0.2, 0.25) is 5.91 Å². The van der Waals surface area contributed by atoms with E-state index in [-0.39, 0.29) is 5.91 Å². The van der Waals surface area contributed by atoms with Crippen molar-refractivity contribution in [1.29, 1.82) is 0 Å². The Balaban J connectivity index is 1.73. The van der Waals surface area contributed by atoms with Crippen molar-refractivity contribution in [2.45, 2.75) is 12.8 Å². The highest BCUT2D eigenvalue weighted by molar-refractivity contribution is 5.78. The number of amides is 1. The summed E-state index contributed by atoms with van der Waals surface area (Å²) in [6, 6.07) is 7.32. The number of nitrogen functional groups attached to an aromatic ring is 1. The highest BCUT2D eigenvalue weighted by atomic mass is 16.1. The van der Waals surface area contributed by atoms with Gasteiger partial charge in [-0.3, -0.25) is 4.79 Å². The van der Waals surface area contributed by atoms with Gasteiger partial charge < -0.3 is 16.0 Å². The monoisotopic (exact) mass is 244 g/mol. The molecule has 0 aliphatic carbocycles. The zero-order valence-electron chi connectivity index (χ0n) is 10.0. The van der Waals surface area contributed by atoms with Gasteiger partial charge in [-0.05, 0) is 17.7 Å². The quantitative estimate of drug-likeness (QED) is 0.683. The van der Waals surface area contributed by atoms with Crippen LogP contribution in [0.1, 0.15) is 11.4 Å². The Hall–Kier alpha value is -2.30. The maximum atomic E-state index is 11.7. The number of nitrogens with zero attached hydrogens (tertiary/aromatic N) is 1. The lowest BCUT2D eigenvalue weighted by atomic mass is 10.1. The van der Waals surface area contributed by atoms with Crippen molar-refractivity contribution < 1.29 is 4.79 Å². The summed E-state index contributed by atoms with van der Waals surface area (Å²) < 4.78 is 0. The first-order valence-electron chi connectivity index (χ1n) is 5.83. The third-order valence-corrected chi connectivity index (χ3v) is 2.58. The molecule has 0 aliphatic rings. The van der Waals surface area contributed by atoms with E-state index in [2.05, 4.69) is 15.3 Å². The Kier molecular flexibility index (Phi) is 3.96. The number of hydrogen-bond donors (Lipinski definition) is 3. The average Bonchev–Trinajstić information content (AvgIpc) is 2.85. The van der Waals surface area contributed by atoms with Crippen LogP contribution >= 0.6 is 0 Å². The Morgan fingerprint density at radius 1 is 1.33 bits per heavy atom. The Morgan fingerprint density at radius 2 is 2.11 bits per heavy atom. The maximum absolute atomic E-state index is 11.7. The number of anilines is 1. The van der Waals surface area contributed by atoms with Gasteiger partial charge in [0, 0.05) is 31.0 Å². The molecule has 2 aromatic rings. The molecular formula is C13H16N4O. The minimum absolute atomic E-state index is 0.00586. The van der Waals surface area contributed by atoms with Gasteiger partial charge in [-0.15, -0.1) is 0 Å². The molecule has 94 valence electrons. The summed E-state index contributed by atoms with van der Waals surface area (Å²) >= 11 is 0. The molecule has 0 spiro atoms. The molecule has 2 rings (SSSR count). The van der Waals surface area contributed by atoms with E-state index < -0.39 is 0 Å². The summed E-state index contributed by atoms with van der Waals surface area (Å²) in [5.74, 6) is 0.883. The van der Waals surface area contributed by atoms with E-state index in [0.717, 1.165) is 11.4 Å². The predicted octanol–water partition coefficient (Wildman–Crippen LogP) is 0.893. The second-order valence-corrected chi connectivity index (χ2v) is 4.05. The van der Waals surface area contributed by atoms with Crippen LogP contribution in [0.3, 0.4) is 0 Å². The molecule has 4 N–H and O–H groups in total. The molecule has 1 amide bonds. The summed E-state index contributed by atoms with van der Waals surface area (Å²) in [5.41, 5.74) is 7.24. The molecule has 0 atom stereocenters. The van der Waals surface area contributed by atoms with Crippen LogP contribution in [0, 0.1) is 0 Å². The topological polar surface area (TPSA) is 83.8 Å². The molecule has 0 saturated carbocycles. The van der Waals surface area contributed by atoms with Crippen LogP contribution in [0.15, 0.2) is 36.7 Å². The molecule has 0 unspecified atom stereocenters. The molecule has 5 heteroatoms. The van der Waals surface area contributed by atoms with Crippen LogP contribution in [0.25, 0.3) is 0 Å². The molecule has 1 heterocycles. The molecule has 1 aromatic heterocycles. The smallest absolute Gasteiger partial charge is 0.224 e. The third-order valence-electron chi connectivity index (χ3n) is 2.58. The van der Waals surface area contributed by atoms with Crippen LogP contribution in [-0.2, 0) is 17.6 Å². The van der Waals surface area contributed by atoms with Crippen molar-refractivity contribution in [1.82, 2.24) is 15.3 Å². The first kappa shape index (κ1) is 12.2. The van der Waals surface area contributed by atoms with E-state index in [1.54, 1.807) is 24.5 Å². The summed E-state index contributed by atoms with van der Waals surface area (Å²) in [7, 11) is 0. The van der Waals surface area contributed by atoms with E-state index in [1.807, 2.05) is 12.1 Å². The summed E-state index contributed by atoms with van der Waals surface area (Å²) in [4.78, 5) is 18.7. The normalized spacial score (nSPS) is 10.2. The largest absolute Gasteiger partial charge is 0.399 e. The summed E-state index contributed by atoms with van der Waals surface area (Å²) in [6.07, 6.45) is 4.55.